The third kappa shape index (κ3) is 3.77. The van der Waals surface area contributed by atoms with Crippen molar-refractivity contribution in [3.8, 4) is 0 Å². The topological polar surface area (TPSA) is 45.2 Å². The summed E-state index contributed by atoms with van der Waals surface area (Å²) in [5, 5.41) is 16.4. The third-order valence-corrected chi connectivity index (χ3v) is 5.32. The molecule has 3 nitrogen and oxygen atoms in total. The van der Waals surface area contributed by atoms with Crippen LogP contribution in [0.2, 0.25) is 0 Å². The Morgan fingerprint density at radius 2 is 2.05 bits per heavy atom. The molecule has 19 heavy (non-hydrogen) atoms. The van der Waals surface area contributed by atoms with Crippen LogP contribution < -0.4 is 5.32 Å². The van der Waals surface area contributed by atoms with Crippen molar-refractivity contribution in [1.82, 2.24) is 10.3 Å². The van der Waals surface area contributed by atoms with E-state index in [1.54, 1.807) is 11.3 Å². The van der Waals surface area contributed by atoms with Crippen LogP contribution in [0.15, 0.2) is 5.38 Å². The first kappa shape index (κ1) is 14.9. The molecule has 0 atom stereocenters. The maximum Gasteiger partial charge on any atom is 0.0982 e. The zero-order chi connectivity index (χ0) is 13.9. The van der Waals surface area contributed by atoms with Crippen molar-refractivity contribution in [3.05, 3.63) is 16.1 Å². The molecular weight excluding hydrogens is 256 g/mol. The first-order chi connectivity index (χ1) is 8.95. The molecule has 1 aromatic heterocycles. The molecule has 1 heterocycles. The van der Waals surface area contributed by atoms with Gasteiger partial charge in [0.1, 0.15) is 0 Å². The van der Waals surface area contributed by atoms with Crippen molar-refractivity contribution in [2.45, 2.75) is 58.4 Å². The second-order valence-corrected chi connectivity index (χ2v) is 7.72. The van der Waals surface area contributed by atoms with Gasteiger partial charge >= 0.3 is 0 Å². The van der Waals surface area contributed by atoms with Gasteiger partial charge in [-0.05, 0) is 12.8 Å². The van der Waals surface area contributed by atoms with Gasteiger partial charge in [-0.3, -0.25) is 0 Å². The SMILES string of the molecule is CC(C)(C)c1nc(CNCC2(CO)CCCC2)cs1. The maximum atomic E-state index is 9.57. The molecule has 0 amide bonds. The van der Waals surface area contributed by atoms with Crippen LogP contribution in [-0.2, 0) is 12.0 Å². The molecule has 108 valence electrons. The van der Waals surface area contributed by atoms with Crippen molar-refractivity contribution >= 4 is 11.3 Å². The zero-order valence-corrected chi connectivity index (χ0v) is 13.1. The van der Waals surface area contributed by atoms with E-state index < -0.39 is 0 Å². The Balaban J connectivity index is 1.84. The van der Waals surface area contributed by atoms with Crippen LogP contribution in [0.25, 0.3) is 0 Å². The monoisotopic (exact) mass is 282 g/mol. The standard InChI is InChI=1S/C15H26N2OS/c1-14(2,3)13-17-12(9-19-13)8-16-10-15(11-18)6-4-5-7-15/h9,16,18H,4-8,10-11H2,1-3H3. The van der Waals surface area contributed by atoms with E-state index in [9.17, 15) is 5.11 Å². The fourth-order valence-corrected chi connectivity index (χ4v) is 3.61. The number of aromatic nitrogens is 1. The highest BCUT2D eigenvalue weighted by Gasteiger charge is 2.32. The van der Waals surface area contributed by atoms with Crippen molar-refractivity contribution in [2.75, 3.05) is 13.2 Å². The van der Waals surface area contributed by atoms with E-state index in [0.717, 1.165) is 31.6 Å². The van der Waals surface area contributed by atoms with Crippen LogP contribution >= 0.6 is 11.3 Å². The molecule has 0 radical (unpaired) electrons. The molecule has 1 saturated carbocycles. The highest BCUT2D eigenvalue weighted by molar-refractivity contribution is 7.09. The van der Waals surface area contributed by atoms with E-state index >= 15 is 0 Å². The number of aliphatic hydroxyl groups is 1. The van der Waals surface area contributed by atoms with Gasteiger partial charge in [0.15, 0.2) is 0 Å². The Bertz CT molecular complexity index is 403. The molecule has 0 aliphatic heterocycles. The Hall–Kier alpha value is -0.450. The highest BCUT2D eigenvalue weighted by atomic mass is 32.1. The molecule has 0 aromatic carbocycles. The lowest BCUT2D eigenvalue weighted by molar-refractivity contribution is 0.128. The van der Waals surface area contributed by atoms with Crippen LogP contribution in [0.5, 0.6) is 0 Å². The number of hydrogen-bond donors (Lipinski definition) is 2. The van der Waals surface area contributed by atoms with Gasteiger partial charge in [0.2, 0.25) is 0 Å². The predicted molar refractivity (Wildman–Crippen MR) is 80.5 cm³/mol. The number of thiazole rings is 1. The average molecular weight is 282 g/mol. The normalized spacial score (nSPS) is 18.9. The fraction of sp³-hybridized carbons (Fsp3) is 0.800. The molecule has 2 N–H and O–H groups in total. The molecule has 0 saturated heterocycles. The molecule has 1 aliphatic rings. The largest absolute Gasteiger partial charge is 0.396 e. The molecule has 1 aliphatic carbocycles. The van der Waals surface area contributed by atoms with Crippen molar-refractivity contribution in [3.63, 3.8) is 0 Å². The Labute approximate surface area is 120 Å². The molecule has 0 bridgehead atoms. The molecule has 4 heteroatoms. The maximum absolute atomic E-state index is 9.57. The average Bonchev–Trinajstić information content (AvgIpc) is 2.97. The Morgan fingerprint density at radius 3 is 2.58 bits per heavy atom. The number of aliphatic hydroxyl groups excluding tert-OH is 1. The third-order valence-electron chi connectivity index (χ3n) is 4.00. The fourth-order valence-electron chi connectivity index (χ4n) is 2.70. The second kappa shape index (κ2) is 5.90. The quantitative estimate of drug-likeness (QED) is 0.872. The number of rotatable bonds is 5. The molecule has 1 fully saturated rings. The zero-order valence-electron chi connectivity index (χ0n) is 12.3. The smallest absolute Gasteiger partial charge is 0.0982 e. The van der Waals surface area contributed by atoms with Crippen LogP contribution in [0.4, 0.5) is 0 Å². The summed E-state index contributed by atoms with van der Waals surface area (Å²) in [6, 6.07) is 0. The van der Waals surface area contributed by atoms with E-state index in [1.165, 1.54) is 17.8 Å². The summed E-state index contributed by atoms with van der Waals surface area (Å²) in [7, 11) is 0. The van der Waals surface area contributed by atoms with Gasteiger partial charge in [-0.2, -0.15) is 0 Å². The Kier molecular flexibility index (Phi) is 4.64. The lowest BCUT2D eigenvalue weighted by atomic mass is 9.87. The molecular formula is C15H26N2OS. The number of nitrogens with zero attached hydrogens (tertiary/aromatic N) is 1. The highest BCUT2D eigenvalue weighted by Crippen LogP contribution is 2.37. The van der Waals surface area contributed by atoms with Crippen LogP contribution in [0, 0.1) is 5.41 Å². The summed E-state index contributed by atoms with van der Waals surface area (Å²) in [5.41, 5.74) is 1.39. The summed E-state index contributed by atoms with van der Waals surface area (Å²) in [6.07, 6.45) is 4.82. The minimum absolute atomic E-state index is 0.128. The minimum atomic E-state index is 0.128. The summed E-state index contributed by atoms with van der Waals surface area (Å²) in [6.45, 7) is 8.62. The van der Waals surface area contributed by atoms with Crippen molar-refractivity contribution in [2.24, 2.45) is 5.41 Å². The molecule has 1 aromatic rings. The Morgan fingerprint density at radius 1 is 1.37 bits per heavy atom. The van der Waals surface area contributed by atoms with E-state index in [2.05, 4.69) is 36.5 Å². The lowest BCUT2D eigenvalue weighted by Crippen LogP contribution is -2.34. The summed E-state index contributed by atoms with van der Waals surface area (Å²) in [5.74, 6) is 0. The second-order valence-electron chi connectivity index (χ2n) is 6.86. The van der Waals surface area contributed by atoms with E-state index in [1.807, 2.05) is 0 Å². The van der Waals surface area contributed by atoms with Gasteiger partial charge in [0.25, 0.3) is 0 Å². The lowest BCUT2D eigenvalue weighted by Gasteiger charge is -2.26. The van der Waals surface area contributed by atoms with Crippen LogP contribution in [0.1, 0.15) is 57.2 Å². The first-order valence-electron chi connectivity index (χ1n) is 7.22. The number of nitrogens with one attached hydrogen (secondary N) is 1. The summed E-state index contributed by atoms with van der Waals surface area (Å²) in [4.78, 5) is 4.69. The van der Waals surface area contributed by atoms with E-state index in [4.69, 9.17) is 0 Å². The molecule has 2 rings (SSSR count). The van der Waals surface area contributed by atoms with Crippen LogP contribution in [-0.4, -0.2) is 23.2 Å². The van der Waals surface area contributed by atoms with Crippen molar-refractivity contribution < 1.29 is 5.11 Å². The van der Waals surface area contributed by atoms with Gasteiger partial charge < -0.3 is 10.4 Å². The number of hydrogen-bond acceptors (Lipinski definition) is 4. The van der Waals surface area contributed by atoms with Gasteiger partial charge in [0.05, 0.1) is 10.7 Å². The van der Waals surface area contributed by atoms with Gasteiger partial charge in [0, 0.05) is 35.9 Å². The first-order valence-corrected chi connectivity index (χ1v) is 8.10. The summed E-state index contributed by atoms with van der Waals surface area (Å²) < 4.78 is 0. The molecule has 0 spiro atoms. The predicted octanol–water partition coefficient (Wildman–Crippen LogP) is 3.08. The van der Waals surface area contributed by atoms with E-state index in [0.29, 0.717) is 6.61 Å². The minimum Gasteiger partial charge on any atom is -0.396 e. The van der Waals surface area contributed by atoms with Gasteiger partial charge in [-0.1, -0.05) is 33.6 Å². The molecule has 0 unspecified atom stereocenters. The van der Waals surface area contributed by atoms with Crippen molar-refractivity contribution in [1.29, 1.82) is 0 Å². The van der Waals surface area contributed by atoms with Crippen LogP contribution in [0.3, 0.4) is 0 Å². The van der Waals surface area contributed by atoms with E-state index in [-0.39, 0.29) is 10.8 Å². The summed E-state index contributed by atoms with van der Waals surface area (Å²) >= 11 is 1.74. The van der Waals surface area contributed by atoms with Gasteiger partial charge in [-0.15, -0.1) is 11.3 Å². The van der Waals surface area contributed by atoms with Gasteiger partial charge in [-0.25, -0.2) is 4.98 Å².